The number of benzene rings is 2. The number of carbonyl (C=O) groups is 1. The van der Waals surface area contributed by atoms with E-state index >= 15 is 0 Å². The molecule has 0 atom stereocenters. The number of aromatic amines is 1. The Morgan fingerprint density at radius 2 is 2.00 bits per heavy atom. The molecule has 0 amide bonds. The van der Waals surface area contributed by atoms with Crippen LogP contribution in [0.4, 0.5) is 0 Å². The van der Waals surface area contributed by atoms with E-state index in [1.807, 2.05) is 13.0 Å². The van der Waals surface area contributed by atoms with Crippen molar-refractivity contribution in [1.82, 2.24) is 9.78 Å². The monoisotopic (exact) mass is 457 g/mol. The molecule has 29 heavy (non-hydrogen) atoms. The molecular weight excluding hydrogens is 440 g/mol. The van der Waals surface area contributed by atoms with Gasteiger partial charge >= 0.3 is 0 Å². The molecule has 1 aromatic heterocycles. The maximum atomic E-state index is 12.9. The minimum absolute atomic E-state index is 0.0290. The molecule has 3 rings (SSSR count). The Labute approximate surface area is 174 Å². The van der Waals surface area contributed by atoms with Crippen LogP contribution in [0, 0.1) is 0 Å². The molecule has 2 aromatic carbocycles. The van der Waals surface area contributed by atoms with E-state index in [9.17, 15) is 14.7 Å². The molecule has 1 N–H and O–H groups in total. The van der Waals surface area contributed by atoms with Crippen molar-refractivity contribution < 1.29 is 19.4 Å². The van der Waals surface area contributed by atoms with Crippen LogP contribution in [-0.2, 0) is 0 Å². The summed E-state index contributed by atoms with van der Waals surface area (Å²) < 4.78 is 13.0. The normalized spacial score (nSPS) is 11.5. The minimum atomic E-state index is -1.28. The zero-order valence-corrected chi connectivity index (χ0v) is 17.4. The summed E-state index contributed by atoms with van der Waals surface area (Å²) in [5.74, 6) is -0.162. The van der Waals surface area contributed by atoms with Gasteiger partial charge in [-0.05, 0) is 64.3 Å². The molecule has 0 aliphatic rings. The number of carboxylic acids is 1. The van der Waals surface area contributed by atoms with Gasteiger partial charge in [-0.15, -0.1) is 0 Å². The van der Waals surface area contributed by atoms with Crippen molar-refractivity contribution in [3.63, 3.8) is 0 Å². The molecule has 0 fully saturated rings. The van der Waals surface area contributed by atoms with Gasteiger partial charge in [0.2, 0.25) is 0 Å². The van der Waals surface area contributed by atoms with Crippen LogP contribution < -0.4 is 30.7 Å². The largest absolute Gasteiger partial charge is 0.545 e. The fourth-order valence-electron chi connectivity index (χ4n) is 2.85. The molecule has 150 valence electrons. The summed E-state index contributed by atoms with van der Waals surface area (Å²) in [6.45, 7) is 6.27. The van der Waals surface area contributed by atoms with Gasteiger partial charge < -0.3 is 19.4 Å². The maximum Gasteiger partial charge on any atom is 0.279 e. The lowest BCUT2D eigenvalue weighted by Gasteiger charge is -2.12. The third-order valence-electron chi connectivity index (χ3n) is 4.22. The highest BCUT2D eigenvalue weighted by atomic mass is 79.9. The lowest BCUT2D eigenvalue weighted by Crippen LogP contribution is -2.34. The summed E-state index contributed by atoms with van der Waals surface area (Å²) in [5.41, 5.74) is 0.911. The summed E-state index contributed by atoms with van der Waals surface area (Å²) in [6, 6.07) is 9.36. The molecule has 0 unspecified atom stereocenters. The predicted octanol–water partition coefficient (Wildman–Crippen LogP) is 0.938. The Morgan fingerprint density at radius 3 is 2.59 bits per heavy atom. The van der Waals surface area contributed by atoms with Crippen LogP contribution >= 0.6 is 15.9 Å². The Hall–Kier alpha value is -3.26. The first-order chi connectivity index (χ1) is 13.8. The van der Waals surface area contributed by atoms with Crippen molar-refractivity contribution in [2.75, 3.05) is 13.7 Å². The Balaban J connectivity index is 2.10. The van der Waals surface area contributed by atoms with Crippen molar-refractivity contribution >= 4 is 34.6 Å². The van der Waals surface area contributed by atoms with Gasteiger partial charge in [0, 0.05) is 0 Å². The van der Waals surface area contributed by atoms with Gasteiger partial charge in [-0.1, -0.05) is 18.7 Å². The number of hydrogen-bond donors (Lipinski definition) is 1. The van der Waals surface area contributed by atoms with Crippen LogP contribution in [0.5, 0.6) is 11.5 Å². The van der Waals surface area contributed by atoms with E-state index < -0.39 is 5.97 Å². The first-order valence-corrected chi connectivity index (χ1v) is 9.48. The number of aromatic carboxylic acids is 1. The number of ether oxygens (including phenoxy) is 2. The molecule has 0 aliphatic heterocycles. The van der Waals surface area contributed by atoms with Crippen LogP contribution in [0.1, 0.15) is 22.8 Å². The van der Waals surface area contributed by atoms with Crippen LogP contribution in [0.25, 0.3) is 18.3 Å². The Kier molecular flexibility index (Phi) is 5.93. The Bertz CT molecular complexity index is 1230. The molecule has 3 aromatic rings. The third-order valence-corrected chi connectivity index (χ3v) is 4.81. The number of halogens is 1. The minimum Gasteiger partial charge on any atom is -0.545 e. The van der Waals surface area contributed by atoms with Crippen LogP contribution in [0.15, 0.2) is 45.7 Å². The number of methoxy groups -OCH3 is 1. The SMILES string of the molecule is C=c1[nH]n(-c2ccc(C(=O)[O-])cc2)c(=O)/c1=C\c1cc(Br)c(OCC)c(OC)c1. The number of nitrogens with one attached hydrogen (secondary N) is 1. The van der Waals surface area contributed by atoms with Crippen LogP contribution in [0.3, 0.4) is 0 Å². The standard InChI is InChI=1S/C21H19BrN2O5/c1-4-29-19-17(22)10-13(11-18(19)28-3)9-16-12(2)23-24(20(16)25)15-7-5-14(6-8-15)21(26)27/h5-11,23H,2,4H2,1,3H3,(H,26,27)/p-1/b16-9-. The summed E-state index contributed by atoms with van der Waals surface area (Å²) in [5, 5.41) is 14.6. The van der Waals surface area contributed by atoms with Gasteiger partial charge in [0.05, 0.1) is 40.4 Å². The van der Waals surface area contributed by atoms with Crippen molar-refractivity contribution in [2.24, 2.45) is 0 Å². The topological polar surface area (TPSA) is 96.4 Å². The van der Waals surface area contributed by atoms with Gasteiger partial charge in [0.1, 0.15) is 0 Å². The molecule has 0 saturated carbocycles. The van der Waals surface area contributed by atoms with Gasteiger partial charge in [0.25, 0.3) is 5.56 Å². The average molecular weight is 458 g/mol. The molecule has 0 radical (unpaired) electrons. The molecule has 0 bridgehead atoms. The van der Waals surface area contributed by atoms with E-state index in [2.05, 4.69) is 27.6 Å². The highest BCUT2D eigenvalue weighted by Crippen LogP contribution is 2.36. The fraction of sp³-hybridized carbons (Fsp3) is 0.143. The second kappa shape index (κ2) is 8.40. The zero-order valence-electron chi connectivity index (χ0n) is 15.8. The van der Waals surface area contributed by atoms with Gasteiger partial charge in [-0.3, -0.25) is 9.89 Å². The van der Waals surface area contributed by atoms with Gasteiger partial charge in [0.15, 0.2) is 11.5 Å². The average Bonchev–Trinajstić information content (AvgIpc) is 2.98. The van der Waals surface area contributed by atoms with Crippen LogP contribution in [0.2, 0.25) is 0 Å². The van der Waals surface area contributed by atoms with E-state index in [4.69, 9.17) is 9.47 Å². The van der Waals surface area contributed by atoms with E-state index in [1.54, 1.807) is 19.3 Å². The number of H-pyrrole nitrogens is 1. The maximum absolute atomic E-state index is 12.9. The van der Waals surface area contributed by atoms with Crippen molar-refractivity contribution in [3.8, 4) is 17.2 Å². The predicted molar refractivity (Wildman–Crippen MR) is 111 cm³/mol. The quantitative estimate of drug-likeness (QED) is 0.593. The number of hydrogen-bond acceptors (Lipinski definition) is 5. The first kappa shape index (κ1) is 20.5. The molecule has 8 heteroatoms. The lowest BCUT2D eigenvalue weighted by atomic mass is 10.1. The molecule has 7 nitrogen and oxygen atoms in total. The molecule has 1 heterocycles. The summed E-state index contributed by atoms with van der Waals surface area (Å²) >= 11 is 3.47. The van der Waals surface area contributed by atoms with Crippen molar-refractivity contribution in [2.45, 2.75) is 6.92 Å². The summed E-state index contributed by atoms with van der Waals surface area (Å²) in [7, 11) is 1.54. The highest BCUT2D eigenvalue weighted by Gasteiger charge is 2.11. The number of nitrogens with zero attached hydrogens (tertiary/aromatic N) is 1. The molecule has 0 saturated heterocycles. The smallest absolute Gasteiger partial charge is 0.279 e. The number of carbonyl (C=O) groups excluding carboxylic acids is 1. The van der Waals surface area contributed by atoms with E-state index in [0.29, 0.717) is 38.8 Å². The van der Waals surface area contributed by atoms with E-state index in [0.717, 1.165) is 5.56 Å². The summed E-state index contributed by atoms with van der Waals surface area (Å²) in [6.07, 6.45) is 1.69. The van der Waals surface area contributed by atoms with Gasteiger partial charge in [-0.2, -0.15) is 0 Å². The third kappa shape index (κ3) is 4.12. The van der Waals surface area contributed by atoms with E-state index in [-0.39, 0.29) is 11.1 Å². The van der Waals surface area contributed by atoms with Crippen molar-refractivity contribution in [3.05, 3.63) is 72.9 Å². The summed E-state index contributed by atoms with van der Waals surface area (Å²) in [4.78, 5) is 23.8. The number of aromatic nitrogens is 2. The van der Waals surface area contributed by atoms with Crippen molar-refractivity contribution in [1.29, 1.82) is 0 Å². The Morgan fingerprint density at radius 1 is 1.31 bits per heavy atom. The molecule has 0 spiro atoms. The zero-order chi connectivity index (χ0) is 21.1. The highest BCUT2D eigenvalue weighted by molar-refractivity contribution is 9.10. The second-order valence-electron chi connectivity index (χ2n) is 6.09. The molecular formula is C21H18BrN2O5-. The van der Waals surface area contributed by atoms with Crippen LogP contribution in [-0.4, -0.2) is 29.5 Å². The second-order valence-corrected chi connectivity index (χ2v) is 6.94. The number of carboxylic acid groups (broad SMARTS) is 1. The fourth-order valence-corrected chi connectivity index (χ4v) is 3.42. The van der Waals surface area contributed by atoms with Gasteiger partial charge in [-0.25, -0.2) is 4.68 Å². The molecule has 0 aliphatic carbocycles. The lowest BCUT2D eigenvalue weighted by molar-refractivity contribution is -0.255. The number of rotatable bonds is 6. The first-order valence-electron chi connectivity index (χ1n) is 8.69. The van der Waals surface area contributed by atoms with E-state index in [1.165, 1.54) is 28.9 Å².